The minimum absolute atomic E-state index is 0. The molecule has 0 saturated heterocycles. The van der Waals surface area contributed by atoms with Gasteiger partial charge in [0.2, 0.25) is 0 Å². The third-order valence-corrected chi connectivity index (χ3v) is 1.17. The second-order valence-electron chi connectivity index (χ2n) is 1.89. The Morgan fingerprint density at radius 3 is 2.15 bits per heavy atom. The molecule has 0 aliphatic carbocycles. The van der Waals surface area contributed by atoms with Crippen molar-refractivity contribution in [2.24, 2.45) is 0 Å². The van der Waals surface area contributed by atoms with E-state index < -0.39 is 0 Å². The second-order valence-corrected chi connectivity index (χ2v) is 1.89. The fourth-order valence-electron chi connectivity index (χ4n) is 0.715. The number of aliphatic hydroxyl groups is 1. The number of rotatable bonds is 2. The van der Waals surface area contributed by atoms with E-state index in [-0.39, 0.29) is 137 Å². The first kappa shape index (κ1) is 25.4. The van der Waals surface area contributed by atoms with E-state index in [1.54, 1.807) is 0 Å². The molecule has 0 atom stereocenters. The van der Waals surface area contributed by atoms with Gasteiger partial charge in [0.1, 0.15) is 0 Å². The Bertz CT molecular complexity index is 169. The molecule has 1 aromatic carbocycles. The molecule has 0 amide bonds. The van der Waals surface area contributed by atoms with E-state index in [0.717, 1.165) is 12.0 Å². The zero-order chi connectivity index (χ0) is 6.53. The standard InChI is InChI=1S/C8H9O.4Y/c9-7-6-8-4-2-1-3-5-8;;;;/h1-2,4-5,9H,6-7H2;;;;/q-1;;;;. The van der Waals surface area contributed by atoms with Crippen molar-refractivity contribution < 1.29 is 136 Å². The van der Waals surface area contributed by atoms with Gasteiger partial charge in [-0.15, -0.1) is 0 Å². The number of aliphatic hydroxyl groups excluding tert-OH is 1. The second kappa shape index (κ2) is 18.0. The summed E-state index contributed by atoms with van der Waals surface area (Å²) in [7, 11) is 0. The summed E-state index contributed by atoms with van der Waals surface area (Å²) >= 11 is 0. The predicted molar refractivity (Wildman–Crippen MR) is 36.1 cm³/mol. The van der Waals surface area contributed by atoms with Crippen molar-refractivity contribution in [2.75, 3.05) is 6.61 Å². The molecule has 0 unspecified atom stereocenters. The van der Waals surface area contributed by atoms with Gasteiger partial charge in [-0.25, -0.2) is 0 Å². The number of hydrogen-bond donors (Lipinski definition) is 1. The Balaban J connectivity index is -0.000000101. The molecule has 0 bridgehead atoms. The molecule has 0 heterocycles. The van der Waals surface area contributed by atoms with Crippen LogP contribution >= 0.6 is 0 Å². The van der Waals surface area contributed by atoms with Gasteiger partial charge in [-0.2, -0.15) is 35.9 Å². The third kappa shape index (κ3) is 13.5. The maximum atomic E-state index is 8.51. The Kier molecular flexibility index (Phi) is 35.2. The molecule has 60 valence electrons. The first-order valence-corrected chi connectivity index (χ1v) is 2.99. The van der Waals surface area contributed by atoms with E-state index >= 15 is 0 Å². The van der Waals surface area contributed by atoms with E-state index in [9.17, 15) is 0 Å². The predicted octanol–water partition coefficient (Wildman–Crippen LogP) is 1.01. The van der Waals surface area contributed by atoms with Crippen molar-refractivity contribution in [1.29, 1.82) is 0 Å². The van der Waals surface area contributed by atoms with Crippen LogP contribution in [-0.4, -0.2) is 11.7 Å². The van der Waals surface area contributed by atoms with Gasteiger partial charge in [0.15, 0.2) is 0 Å². The van der Waals surface area contributed by atoms with Gasteiger partial charge < -0.3 is 5.11 Å². The fraction of sp³-hybridized carbons (Fsp3) is 0.250. The molecular weight excluding hydrogens is 468 g/mol. The number of hydrogen-bond acceptors (Lipinski definition) is 1. The zero-order valence-electron chi connectivity index (χ0n) is 7.48. The Morgan fingerprint density at radius 1 is 1.15 bits per heavy atom. The van der Waals surface area contributed by atoms with Gasteiger partial charge >= 0.3 is 0 Å². The van der Waals surface area contributed by atoms with Crippen molar-refractivity contribution in [3.63, 3.8) is 0 Å². The van der Waals surface area contributed by atoms with Crippen molar-refractivity contribution in [2.45, 2.75) is 6.42 Å². The molecule has 4 radical (unpaired) electrons. The third-order valence-electron chi connectivity index (χ3n) is 1.17. The number of benzene rings is 1. The van der Waals surface area contributed by atoms with Gasteiger partial charge in [0.25, 0.3) is 0 Å². The van der Waals surface area contributed by atoms with Crippen molar-refractivity contribution >= 4 is 0 Å². The molecule has 13 heavy (non-hydrogen) atoms. The van der Waals surface area contributed by atoms with Crippen LogP contribution < -0.4 is 0 Å². The first-order valence-electron chi connectivity index (χ1n) is 2.99. The van der Waals surface area contributed by atoms with Crippen LogP contribution in [-0.2, 0) is 137 Å². The minimum Gasteiger partial charge on any atom is -0.397 e. The molecule has 1 aromatic rings. The SMILES string of the molecule is OCCc1c[c-]ccc1.[Y].[Y].[Y].[Y]. The molecule has 1 N–H and O–H groups in total. The first-order chi connectivity index (χ1) is 4.43. The van der Waals surface area contributed by atoms with Gasteiger partial charge in [0.05, 0.1) is 0 Å². The molecule has 0 saturated carbocycles. The van der Waals surface area contributed by atoms with Crippen molar-refractivity contribution in [3.05, 3.63) is 35.9 Å². The summed E-state index contributed by atoms with van der Waals surface area (Å²) in [5.41, 5.74) is 1.14. The van der Waals surface area contributed by atoms with Crippen LogP contribution in [0.2, 0.25) is 0 Å². The van der Waals surface area contributed by atoms with Crippen molar-refractivity contribution in [3.8, 4) is 0 Å². The molecule has 5 heteroatoms. The van der Waals surface area contributed by atoms with Crippen molar-refractivity contribution in [1.82, 2.24) is 0 Å². The molecule has 0 aliphatic rings. The van der Waals surface area contributed by atoms with Gasteiger partial charge in [0, 0.05) is 137 Å². The fourth-order valence-corrected chi connectivity index (χ4v) is 0.715. The van der Waals surface area contributed by atoms with E-state index in [2.05, 4.69) is 6.07 Å². The van der Waals surface area contributed by atoms with E-state index in [1.807, 2.05) is 24.3 Å². The minimum atomic E-state index is 0. The van der Waals surface area contributed by atoms with E-state index in [0.29, 0.717) is 0 Å². The summed E-state index contributed by atoms with van der Waals surface area (Å²) in [6, 6.07) is 10.6. The van der Waals surface area contributed by atoms with E-state index in [4.69, 9.17) is 5.11 Å². The summed E-state index contributed by atoms with van der Waals surface area (Å²) in [6.07, 6.45) is 0.733. The van der Waals surface area contributed by atoms with Crippen LogP contribution in [0, 0.1) is 6.07 Å². The molecule has 0 aliphatic heterocycles. The topological polar surface area (TPSA) is 20.2 Å². The summed E-state index contributed by atoms with van der Waals surface area (Å²) in [4.78, 5) is 0. The van der Waals surface area contributed by atoms with Gasteiger partial charge in [-0.1, -0.05) is 6.42 Å². The van der Waals surface area contributed by atoms with Gasteiger partial charge in [-0.3, -0.25) is 0 Å². The largest absolute Gasteiger partial charge is 0.397 e. The smallest absolute Gasteiger partial charge is 0.0366 e. The maximum Gasteiger partial charge on any atom is 0.0366 e. The quantitative estimate of drug-likeness (QED) is 0.632. The summed E-state index contributed by atoms with van der Waals surface area (Å²) in [5, 5.41) is 8.51. The summed E-state index contributed by atoms with van der Waals surface area (Å²) < 4.78 is 0. The van der Waals surface area contributed by atoms with E-state index in [1.165, 1.54) is 0 Å². The molecule has 0 spiro atoms. The van der Waals surface area contributed by atoms with Gasteiger partial charge in [-0.05, 0) is 0 Å². The Morgan fingerprint density at radius 2 is 1.77 bits per heavy atom. The molecule has 1 rings (SSSR count). The monoisotopic (exact) mass is 477 g/mol. The Hall–Kier alpha value is 3.60. The van der Waals surface area contributed by atoms with Crippen LogP contribution in [0.25, 0.3) is 0 Å². The molecule has 1 nitrogen and oxygen atoms in total. The molecular formula is C8H9OY4-. The maximum absolute atomic E-state index is 8.51. The van der Waals surface area contributed by atoms with Crippen LogP contribution in [0.15, 0.2) is 24.3 Å². The van der Waals surface area contributed by atoms with Crippen LogP contribution in [0.4, 0.5) is 0 Å². The van der Waals surface area contributed by atoms with Crippen LogP contribution in [0.1, 0.15) is 5.56 Å². The average Bonchev–Trinajstić information content (AvgIpc) is 1.91. The molecule has 0 aromatic heterocycles. The van der Waals surface area contributed by atoms with Crippen LogP contribution in [0.5, 0.6) is 0 Å². The normalized spacial score (nSPS) is 6.54. The Labute approximate surface area is 180 Å². The van der Waals surface area contributed by atoms with Crippen LogP contribution in [0.3, 0.4) is 0 Å². The summed E-state index contributed by atoms with van der Waals surface area (Å²) in [6.45, 7) is 0.220. The molecule has 0 fully saturated rings. The summed E-state index contributed by atoms with van der Waals surface area (Å²) in [5.74, 6) is 0. The average molecular weight is 477 g/mol. The zero-order valence-corrected chi connectivity index (χ0v) is 18.8.